The lowest BCUT2D eigenvalue weighted by atomic mass is 10.3. The molecular weight excluding hydrogens is 230 g/mol. The van der Waals surface area contributed by atoms with Crippen LogP contribution in [0.5, 0.6) is 0 Å². The van der Waals surface area contributed by atoms with Gasteiger partial charge in [0.1, 0.15) is 0 Å². The number of nitrogens with zero attached hydrogens (tertiary/aromatic N) is 1. The van der Waals surface area contributed by atoms with Crippen molar-refractivity contribution in [2.75, 3.05) is 0 Å². The Balaban J connectivity index is 2.20. The van der Waals surface area contributed by atoms with E-state index < -0.39 is 13.8 Å². The molecule has 1 aliphatic rings. The van der Waals surface area contributed by atoms with Crippen molar-refractivity contribution in [2.24, 2.45) is 0 Å². The van der Waals surface area contributed by atoms with E-state index in [1.165, 1.54) is 11.3 Å². The summed E-state index contributed by atoms with van der Waals surface area (Å²) in [6, 6.07) is 0. The van der Waals surface area contributed by atoms with Gasteiger partial charge in [0.15, 0.2) is 0 Å². The van der Waals surface area contributed by atoms with Crippen LogP contribution in [0, 0.1) is 0 Å². The van der Waals surface area contributed by atoms with Crippen molar-refractivity contribution in [3.63, 3.8) is 0 Å². The lowest BCUT2D eigenvalue weighted by Crippen LogP contribution is -2.20. The fourth-order valence-corrected chi connectivity index (χ4v) is 3.64. The number of hydrogen-bond acceptors (Lipinski definition) is 4. The van der Waals surface area contributed by atoms with Crippen LogP contribution in [-0.4, -0.2) is 18.1 Å². The Labute approximate surface area is 85.2 Å². The minimum absolute atomic E-state index is 0.469. The average molecular weight is 238 g/mol. The molecule has 1 fully saturated rings. The molecule has 13 heavy (non-hydrogen) atoms. The van der Waals surface area contributed by atoms with Gasteiger partial charge < -0.3 is 0 Å². The molecule has 0 spiro atoms. The number of halogens is 1. The molecule has 0 radical (unpaired) electrons. The summed E-state index contributed by atoms with van der Waals surface area (Å²) in [6.07, 6.45) is 3.48. The Bertz CT molecular complexity index is 394. The Morgan fingerprint density at radius 2 is 2.31 bits per heavy atom. The zero-order valence-electron chi connectivity index (χ0n) is 6.73. The lowest BCUT2D eigenvalue weighted by Gasteiger charge is -2.07. The van der Waals surface area contributed by atoms with E-state index in [1.807, 2.05) is 5.38 Å². The van der Waals surface area contributed by atoms with Crippen LogP contribution in [0.25, 0.3) is 0 Å². The minimum atomic E-state index is -3.43. The number of thiazole rings is 1. The van der Waals surface area contributed by atoms with Crippen LogP contribution >= 0.6 is 22.0 Å². The number of hydrogen-bond donors (Lipinski definition) is 0. The van der Waals surface area contributed by atoms with Crippen LogP contribution in [0.4, 0.5) is 0 Å². The molecule has 3 nitrogen and oxygen atoms in total. The van der Waals surface area contributed by atoms with Crippen LogP contribution in [0.1, 0.15) is 17.8 Å². The van der Waals surface area contributed by atoms with Crippen molar-refractivity contribution in [1.82, 2.24) is 4.98 Å². The van der Waals surface area contributed by atoms with Crippen molar-refractivity contribution >= 4 is 31.1 Å². The predicted molar refractivity (Wildman–Crippen MR) is 52.6 cm³/mol. The van der Waals surface area contributed by atoms with E-state index in [9.17, 15) is 8.42 Å². The first-order valence-electron chi connectivity index (χ1n) is 3.86. The topological polar surface area (TPSA) is 47.0 Å². The van der Waals surface area contributed by atoms with Gasteiger partial charge in [-0.05, 0) is 12.8 Å². The van der Waals surface area contributed by atoms with Gasteiger partial charge in [0.25, 0.3) is 0 Å². The Morgan fingerprint density at radius 1 is 1.62 bits per heavy atom. The van der Waals surface area contributed by atoms with Gasteiger partial charge in [-0.3, -0.25) is 0 Å². The molecule has 2 rings (SSSR count). The summed E-state index contributed by atoms with van der Waals surface area (Å²) in [5.41, 5.74) is 0. The summed E-state index contributed by atoms with van der Waals surface area (Å²) in [7, 11) is 1.92. The molecule has 1 saturated carbocycles. The molecule has 0 N–H and O–H groups in total. The second-order valence-corrected chi connectivity index (χ2v) is 7.16. The second kappa shape index (κ2) is 2.93. The van der Waals surface area contributed by atoms with Crippen LogP contribution < -0.4 is 0 Å². The Hall–Kier alpha value is -0.130. The highest BCUT2D eigenvalue weighted by Gasteiger charge is 2.54. The zero-order valence-corrected chi connectivity index (χ0v) is 9.12. The molecule has 6 heteroatoms. The summed E-state index contributed by atoms with van der Waals surface area (Å²) in [5, 5.41) is 2.69. The van der Waals surface area contributed by atoms with Gasteiger partial charge in [-0.15, -0.1) is 11.3 Å². The van der Waals surface area contributed by atoms with Gasteiger partial charge in [-0.2, -0.15) is 0 Å². The molecule has 1 heterocycles. The average Bonchev–Trinajstić information content (AvgIpc) is 2.59. The first kappa shape index (κ1) is 9.43. The van der Waals surface area contributed by atoms with E-state index in [1.54, 1.807) is 6.20 Å². The summed E-state index contributed by atoms with van der Waals surface area (Å²) in [6.45, 7) is 0. The van der Waals surface area contributed by atoms with Gasteiger partial charge in [0.2, 0.25) is 9.05 Å². The molecule has 1 aliphatic carbocycles. The third-order valence-corrected chi connectivity index (χ3v) is 5.63. The van der Waals surface area contributed by atoms with E-state index in [4.69, 9.17) is 10.7 Å². The molecule has 0 bridgehead atoms. The van der Waals surface area contributed by atoms with Gasteiger partial charge in [-0.25, -0.2) is 13.4 Å². The van der Waals surface area contributed by atoms with Crippen molar-refractivity contribution in [3.05, 3.63) is 16.6 Å². The van der Waals surface area contributed by atoms with Crippen molar-refractivity contribution < 1.29 is 8.42 Å². The van der Waals surface area contributed by atoms with Crippen molar-refractivity contribution in [3.8, 4) is 0 Å². The summed E-state index contributed by atoms with van der Waals surface area (Å²) in [5.74, 6) is 0. The van der Waals surface area contributed by atoms with Crippen LogP contribution in [0.3, 0.4) is 0 Å². The zero-order chi connectivity index (χ0) is 9.53. The maximum Gasteiger partial charge on any atom is 0.238 e. The highest BCUT2D eigenvalue weighted by Crippen LogP contribution is 2.48. The van der Waals surface area contributed by atoms with E-state index >= 15 is 0 Å². The monoisotopic (exact) mass is 237 g/mol. The van der Waals surface area contributed by atoms with Gasteiger partial charge in [0, 0.05) is 28.7 Å². The molecule has 1 aromatic rings. The van der Waals surface area contributed by atoms with Crippen molar-refractivity contribution in [1.29, 1.82) is 0 Å². The Kier molecular flexibility index (Phi) is 2.13. The normalized spacial score (nSPS) is 20.1. The number of aromatic nitrogens is 1. The van der Waals surface area contributed by atoms with Crippen LogP contribution in [0.2, 0.25) is 0 Å². The third kappa shape index (κ3) is 1.73. The predicted octanol–water partition coefficient (Wildman–Crippen LogP) is 1.79. The largest absolute Gasteiger partial charge is 0.250 e. The SMILES string of the molecule is O=S(=O)(Cl)C1(Cc2nccs2)CC1. The highest BCUT2D eigenvalue weighted by molar-refractivity contribution is 8.15. The van der Waals surface area contributed by atoms with Crippen molar-refractivity contribution in [2.45, 2.75) is 24.0 Å². The molecule has 0 amide bonds. The fourth-order valence-electron chi connectivity index (χ4n) is 1.26. The summed E-state index contributed by atoms with van der Waals surface area (Å²) in [4.78, 5) is 4.05. The first-order chi connectivity index (χ1) is 6.04. The molecule has 0 saturated heterocycles. The fraction of sp³-hybridized carbons (Fsp3) is 0.571. The summed E-state index contributed by atoms with van der Waals surface area (Å²) >= 11 is 1.47. The highest BCUT2D eigenvalue weighted by atomic mass is 35.7. The van der Waals surface area contributed by atoms with Gasteiger partial charge in [-0.1, -0.05) is 0 Å². The maximum absolute atomic E-state index is 11.2. The lowest BCUT2D eigenvalue weighted by molar-refractivity contribution is 0.590. The smallest absolute Gasteiger partial charge is 0.238 e. The molecule has 72 valence electrons. The number of rotatable bonds is 3. The van der Waals surface area contributed by atoms with Crippen LogP contribution in [-0.2, 0) is 15.5 Å². The third-order valence-electron chi connectivity index (χ3n) is 2.28. The van der Waals surface area contributed by atoms with E-state index in [0.717, 1.165) is 5.01 Å². The summed E-state index contributed by atoms with van der Waals surface area (Å²) < 4.78 is 21.7. The minimum Gasteiger partial charge on any atom is -0.250 e. The molecule has 0 unspecified atom stereocenters. The Morgan fingerprint density at radius 3 is 2.69 bits per heavy atom. The molecule has 0 aliphatic heterocycles. The van der Waals surface area contributed by atoms with Gasteiger partial charge >= 0.3 is 0 Å². The second-order valence-electron chi connectivity index (χ2n) is 3.22. The molecule has 0 aromatic carbocycles. The van der Waals surface area contributed by atoms with E-state index in [0.29, 0.717) is 19.3 Å². The van der Waals surface area contributed by atoms with E-state index in [2.05, 4.69) is 4.98 Å². The van der Waals surface area contributed by atoms with E-state index in [-0.39, 0.29) is 0 Å². The standard InChI is InChI=1S/C7H8ClNO2S2/c8-13(10,11)7(1-2-7)5-6-9-3-4-12-6/h3-4H,1-2,5H2. The first-order valence-corrected chi connectivity index (χ1v) is 7.05. The molecular formula is C7H8ClNO2S2. The molecule has 1 aromatic heterocycles. The quantitative estimate of drug-likeness (QED) is 0.753. The van der Waals surface area contributed by atoms with Crippen LogP contribution in [0.15, 0.2) is 11.6 Å². The maximum atomic E-state index is 11.2. The molecule has 0 atom stereocenters. The van der Waals surface area contributed by atoms with Gasteiger partial charge in [0.05, 0.1) is 9.75 Å².